The first kappa shape index (κ1) is 14.1. The molecule has 1 aromatic heterocycles. The van der Waals surface area contributed by atoms with Crippen LogP contribution in [0.1, 0.15) is 31.1 Å². The van der Waals surface area contributed by atoms with Crippen molar-refractivity contribution in [1.29, 1.82) is 0 Å². The molecule has 20 heavy (non-hydrogen) atoms. The van der Waals surface area contributed by atoms with Crippen molar-refractivity contribution in [3.8, 4) is 0 Å². The van der Waals surface area contributed by atoms with Crippen LogP contribution in [0.5, 0.6) is 0 Å². The van der Waals surface area contributed by atoms with E-state index in [2.05, 4.69) is 10.4 Å². The summed E-state index contributed by atoms with van der Waals surface area (Å²) in [4.78, 5) is 11.9. The van der Waals surface area contributed by atoms with Crippen molar-refractivity contribution in [2.24, 2.45) is 7.05 Å². The molecule has 0 saturated heterocycles. The topological polar surface area (TPSA) is 56.2 Å². The summed E-state index contributed by atoms with van der Waals surface area (Å²) in [7, 11) is 1.79. The molecular formula is C15H19N3O2. The lowest BCUT2D eigenvalue weighted by atomic mass is 10.1. The molecule has 1 atom stereocenters. The van der Waals surface area contributed by atoms with Crippen molar-refractivity contribution >= 4 is 11.9 Å². The highest BCUT2D eigenvalue weighted by Crippen LogP contribution is 2.19. The highest BCUT2D eigenvalue weighted by atomic mass is 16.6. The number of rotatable bonds is 4. The number of aryl methyl sites for hydroxylation is 2. The second kappa shape index (κ2) is 6.23. The van der Waals surface area contributed by atoms with Gasteiger partial charge in [-0.05, 0) is 18.9 Å². The summed E-state index contributed by atoms with van der Waals surface area (Å²) in [6, 6.07) is 9.63. The predicted molar refractivity (Wildman–Crippen MR) is 77.5 cm³/mol. The number of benzene rings is 1. The summed E-state index contributed by atoms with van der Waals surface area (Å²) in [6.07, 6.45) is 1.78. The van der Waals surface area contributed by atoms with E-state index in [4.69, 9.17) is 4.74 Å². The molecule has 2 aromatic rings. The largest absolute Gasteiger partial charge is 0.441 e. The van der Waals surface area contributed by atoms with Crippen molar-refractivity contribution in [2.75, 3.05) is 5.32 Å². The van der Waals surface area contributed by atoms with Crippen molar-refractivity contribution in [3.05, 3.63) is 47.7 Å². The monoisotopic (exact) mass is 273 g/mol. The molecule has 1 N–H and O–H groups in total. The van der Waals surface area contributed by atoms with E-state index < -0.39 is 6.09 Å². The molecule has 1 aromatic carbocycles. The van der Waals surface area contributed by atoms with Gasteiger partial charge in [-0.1, -0.05) is 37.3 Å². The van der Waals surface area contributed by atoms with E-state index in [-0.39, 0.29) is 6.10 Å². The average Bonchev–Trinajstić information content (AvgIpc) is 2.80. The van der Waals surface area contributed by atoms with Gasteiger partial charge in [-0.3, -0.25) is 10.00 Å². The van der Waals surface area contributed by atoms with E-state index in [9.17, 15) is 4.79 Å². The van der Waals surface area contributed by atoms with Crippen LogP contribution in [0.4, 0.5) is 10.6 Å². The van der Waals surface area contributed by atoms with Crippen LogP contribution in [0.3, 0.4) is 0 Å². The minimum absolute atomic E-state index is 0.297. The summed E-state index contributed by atoms with van der Waals surface area (Å²) < 4.78 is 7.01. The van der Waals surface area contributed by atoms with Crippen LogP contribution in [0, 0.1) is 0 Å². The van der Waals surface area contributed by atoms with Gasteiger partial charge in [0.2, 0.25) is 0 Å². The van der Waals surface area contributed by atoms with Gasteiger partial charge in [0, 0.05) is 12.6 Å². The van der Waals surface area contributed by atoms with Crippen LogP contribution in [0.15, 0.2) is 36.5 Å². The highest BCUT2D eigenvalue weighted by molar-refractivity contribution is 5.84. The van der Waals surface area contributed by atoms with Gasteiger partial charge >= 0.3 is 6.09 Å². The van der Waals surface area contributed by atoms with E-state index in [1.54, 1.807) is 17.9 Å². The van der Waals surface area contributed by atoms with E-state index in [1.165, 1.54) is 0 Å². The predicted octanol–water partition coefficient (Wildman–Crippen LogP) is 3.29. The van der Waals surface area contributed by atoms with Gasteiger partial charge in [0.1, 0.15) is 11.9 Å². The average molecular weight is 273 g/mol. The molecule has 1 amide bonds. The van der Waals surface area contributed by atoms with Crippen molar-refractivity contribution in [1.82, 2.24) is 9.78 Å². The number of amides is 1. The molecule has 0 spiro atoms. The third-order valence-corrected chi connectivity index (χ3v) is 3.17. The van der Waals surface area contributed by atoms with Gasteiger partial charge < -0.3 is 4.74 Å². The Morgan fingerprint density at radius 2 is 2.10 bits per heavy atom. The zero-order valence-corrected chi connectivity index (χ0v) is 12.0. The van der Waals surface area contributed by atoms with Gasteiger partial charge in [-0.15, -0.1) is 0 Å². The Balaban J connectivity index is 2.01. The number of carbonyl (C=O) groups is 1. The molecule has 0 bridgehead atoms. The molecule has 0 fully saturated rings. The number of hydrogen-bond donors (Lipinski definition) is 1. The van der Waals surface area contributed by atoms with Crippen molar-refractivity contribution in [3.63, 3.8) is 0 Å². The quantitative estimate of drug-likeness (QED) is 0.930. The number of nitrogens with one attached hydrogen (secondary N) is 1. The standard InChI is InChI=1S/C15H19N3O2/c1-4-12-10-16-18(3)14(12)17-15(19)20-11(2)13-8-6-5-7-9-13/h5-11H,4H2,1-3H3,(H,17,19). The number of anilines is 1. The second-order valence-corrected chi connectivity index (χ2v) is 4.58. The highest BCUT2D eigenvalue weighted by Gasteiger charge is 2.15. The minimum atomic E-state index is -0.473. The van der Waals surface area contributed by atoms with Gasteiger partial charge in [0.05, 0.1) is 6.20 Å². The van der Waals surface area contributed by atoms with Crippen LogP contribution < -0.4 is 5.32 Å². The third-order valence-electron chi connectivity index (χ3n) is 3.17. The number of nitrogens with zero attached hydrogens (tertiary/aromatic N) is 2. The maximum atomic E-state index is 11.9. The molecule has 5 nitrogen and oxygen atoms in total. The smallest absolute Gasteiger partial charge is 0.413 e. The number of ether oxygens (including phenoxy) is 1. The van der Waals surface area contributed by atoms with Crippen molar-refractivity contribution in [2.45, 2.75) is 26.4 Å². The summed E-state index contributed by atoms with van der Waals surface area (Å²) in [6.45, 7) is 3.86. The van der Waals surface area contributed by atoms with Gasteiger partial charge in [-0.25, -0.2) is 4.79 Å². The second-order valence-electron chi connectivity index (χ2n) is 4.58. The lowest BCUT2D eigenvalue weighted by molar-refractivity contribution is 0.121. The van der Waals surface area contributed by atoms with Crippen LogP contribution >= 0.6 is 0 Å². The molecule has 1 unspecified atom stereocenters. The molecule has 106 valence electrons. The summed E-state index contributed by atoms with van der Waals surface area (Å²) in [5.41, 5.74) is 1.94. The first-order valence-electron chi connectivity index (χ1n) is 6.65. The molecule has 0 saturated carbocycles. The summed E-state index contributed by atoms with van der Waals surface area (Å²) in [5.74, 6) is 0.678. The van der Waals surface area contributed by atoms with E-state index in [1.807, 2.05) is 44.2 Å². The first-order chi connectivity index (χ1) is 9.61. The van der Waals surface area contributed by atoms with Gasteiger partial charge in [0.15, 0.2) is 0 Å². The Morgan fingerprint density at radius 1 is 1.40 bits per heavy atom. The minimum Gasteiger partial charge on any atom is -0.441 e. The van der Waals surface area contributed by atoms with Gasteiger partial charge in [0.25, 0.3) is 0 Å². The van der Waals surface area contributed by atoms with Gasteiger partial charge in [-0.2, -0.15) is 5.10 Å². The molecular weight excluding hydrogens is 254 g/mol. The van der Waals surface area contributed by atoms with E-state index >= 15 is 0 Å². The zero-order chi connectivity index (χ0) is 14.5. The van der Waals surface area contributed by atoms with Crippen LogP contribution in [-0.2, 0) is 18.2 Å². The first-order valence-corrected chi connectivity index (χ1v) is 6.65. The fraction of sp³-hybridized carbons (Fsp3) is 0.333. The Kier molecular flexibility index (Phi) is 4.40. The Hall–Kier alpha value is -2.30. The maximum Gasteiger partial charge on any atom is 0.413 e. The molecule has 0 aliphatic heterocycles. The van der Waals surface area contributed by atoms with E-state index in [0.29, 0.717) is 5.82 Å². The lowest BCUT2D eigenvalue weighted by Crippen LogP contribution is -2.18. The summed E-state index contributed by atoms with van der Waals surface area (Å²) >= 11 is 0. The molecule has 1 heterocycles. The third kappa shape index (κ3) is 3.17. The number of carbonyl (C=O) groups excluding carboxylic acids is 1. The summed E-state index contributed by atoms with van der Waals surface area (Å²) in [5, 5.41) is 6.87. The van der Waals surface area contributed by atoms with Crippen LogP contribution in [0.2, 0.25) is 0 Å². The number of hydrogen-bond acceptors (Lipinski definition) is 3. The number of aromatic nitrogens is 2. The zero-order valence-electron chi connectivity index (χ0n) is 12.0. The fourth-order valence-corrected chi connectivity index (χ4v) is 1.98. The molecule has 0 radical (unpaired) electrons. The molecule has 5 heteroatoms. The maximum absolute atomic E-state index is 11.9. The fourth-order valence-electron chi connectivity index (χ4n) is 1.98. The molecule has 0 aliphatic carbocycles. The normalized spacial score (nSPS) is 11.9. The van der Waals surface area contributed by atoms with E-state index in [0.717, 1.165) is 17.5 Å². The molecule has 2 rings (SSSR count). The van der Waals surface area contributed by atoms with Crippen LogP contribution in [0.25, 0.3) is 0 Å². The Bertz CT molecular complexity index is 578. The molecule has 0 aliphatic rings. The SMILES string of the molecule is CCc1cnn(C)c1NC(=O)OC(C)c1ccccc1. The Morgan fingerprint density at radius 3 is 2.75 bits per heavy atom. The lowest BCUT2D eigenvalue weighted by Gasteiger charge is -2.14. The van der Waals surface area contributed by atoms with Crippen molar-refractivity contribution < 1.29 is 9.53 Å². The van der Waals surface area contributed by atoms with Crippen LogP contribution in [-0.4, -0.2) is 15.9 Å². The Labute approximate surface area is 118 Å².